The Kier molecular flexibility index (Phi) is 6.49. The van der Waals surface area contributed by atoms with Crippen LogP contribution in [0.5, 0.6) is 0 Å². The van der Waals surface area contributed by atoms with Gasteiger partial charge in [-0.2, -0.15) is 5.10 Å². The van der Waals surface area contributed by atoms with Crippen molar-refractivity contribution in [2.24, 2.45) is 0 Å². The number of para-hydroxylation sites is 1. The molecule has 1 fully saturated rings. The first-order valence-corrected chi connectivity index (χ1v) is 11.7. The summed E-state index contributed by atoms with van der Waals surface area (Å²) in [6.45, 7) is 5.88. The number of aromatic nitrogens is 2. The predicted molar refractivity (Wildman–Crippen MR) is 135 cm³/mol. The van der Waals surface area contributed by atoms with E-state index in [-0.39, 0.29) is 4.32 Å². The molecular formula is C25H23N3O3S2. The van der Waals surface area contributed by atoms with Crippen LogP contribution in [0.4, 0.5) is 0 Å². The summed E-state index contributed by atoms with van der Waals surface area (Å²) < 4.78 is 2.03. The van der Waals surface area contributed by atoms with E-state index in [1.54, 1.807) is 10.8 Å². The molecule has 0 aliphatic carbocycles. The number of aliphatic carboxylic acids is 1. The first-order chi connectivity index (χ1) is 15.7. The van der Waals surface area contributed by atoms with E-state index in [0.29, 0.717) is 10.8 Å². The molecule has 0 radical (unpaired) electrons. The third-order valence-corrected chi connectivity index (χ3v) is 6.78. The Morgan fingerprint density at radius 2 is 1.94 bits per heavy atom. The van der Waals surface area contributed by atoms with Crippen molar-refractivity contribution in [1.82, 2.24) is 14.7 Å². The largest absolute Gasteiger partial charge is 0.480 e. The molecule has 1 aliphatic heterocycles. The Balaban J connectivity index is 1.85. The molecule has 0 saturated carbocycles. The van der Waals surface area contributed by atoms with Gasteiger partial charge in [0.1, 0.15) is 16.6 Å². The highest BCUT2D eigenvalue weighted by Gasteiger charge is 2.33. The van der Waals surface area contributed by atoms with E-state index in [1.807, 2.05) is 43.5 Å². The fourth-order valence-corrected chi connectivity index (χ4v) is 4.83. The number of hydrogen-bond donors (Lipinski definition) is 1. The van der Waals surface area contributed by atoms with Crippen LogP contribution in [-0.2, 0) is 9.59 Å². The van der Waals surface area contributed by atoms with Gasteiger partial charge in [-0.3, -0.25) is 14.5 Å². The Morgan fingerprint density at radius 1 is 1.21 bits per heavy atom. The Bertz CT molecular complexity index is 1280. The number of rotatable bonds is 6. The molecule has 0 bridgehead atoms. The van der Waals surface area contributed by atoms with Gasteiger partial charge in [0.25, 0.3) is 5.91 Å². The highest BCUT2D eigenvalue weighted by molar-refractivity contribution is 8.26. The molecule has 1 saturated heterocycles. The van der Waals surface area contributed by atoms with Crippen LogP contribution in [0, 0.1) is 6.92 Å². The highest BCUT2D eigenvalue weighted by Crippen LogP contribution is 2.36. The van der Waals surface area contributed by atoms with Gasteiger partial charge < -0.3 is 5.11 Å². The van der Waals surface area contributed by atoms with Gasteiger partial charge in [0.15, 0.2) is 0 Å². The number of carbonyl (C=O) groups is 2. The maximum absolute atomic E-state index is 12.8. The molecule has 0 atom stereocenters. The lowest BCUT2D eigenvalue weighted by Crippen LogP contribution is -2.33. The standard InChI is InChI=1S/C25H23N3O3S2/c1-15(2)17-10-9-16(3)20(11-17)23-18(13-28(26-23)19-7-5-4-6-8-19)12-21-24(31)27(14-22(29)30)25(32)33-21/h4-13,15H,14H2,1-3H3,(H,29,30). The monoisotopic (exact) mass is 477 g/mol. The van der Waals surface area contributed by atoms with Gasteiger partial charge in [-0.05, 0) is 48.2 Å². The summed E-state index contributed by atoms with van der Waals surface area (Å²) in [6.07, 6.45) is 3.64. The number of aryl methyl sites for hydroxylation is 1. The molecule has 1 N–H and O–H groups in total. The molecule has 1 aliphatic rings. The number of thiocarbonyl (C=S) groups is 1. The second-order valence-corrected chi connectivity index (χ2v) is 9.78. The molecule has 1 amide bonds. The molecule has 4 rings (SSSR count). The fourth-order valence-electron chi connectivity index (χ4n) is 3.58. The van der Waals surface area contributed by atoms with E-state index >= 15 is 0 Å². The average Bonchev–Trinajstić information content (AvgIpc) is 3.31. The Labute approximate surface area is 201 Å². The van der Waals surface area contributed by atoms with Gasteiger partial charge >= 0.3 is 5.97 Å². The van der Waals surface area contributed by atoms with Gasteiger partial charge in [0.05, 0.1) is 10.6 Å². The molecule has 2 heterocycles. The van der Waals surface area contributed by atoms with Gasteiger partial charge in [-0.25, -0.2) is 4.68 Å². The van der Waals surface area contributed by atoms with Gasteiger partial charge in [0, 0.05) is 17.3 Å². The third kappa shape index (κ3) is 4.77. The second kappa shape index (κ2) is 9.33. The van der Waals surface area contributed by atoms with Crippen molar-refractivity contribution >= 4 is 46.3 Å². The summed E-state index contributed by atoms with van der Waals surface area (Å²) in [7, 11) is 0. The van der Waals surface area contributed by atoms with Crippen molar-refractivity contribution in [3.8, 4) is 16.9 Å². The maximum Gasteiger partial charge on any atom is 0.323 e. The van der Waals surface area contributed by atoms with E-state index in [1.165, 1.54) is 5.56 Å². The van der Waals surface area contributed by atoms with Crippen LogP contribution in [0.2, 0.25) is 0 Å². The molecule has 33 heavy (non-hydrogen) atoms. The predicted octanol–water partition coefficient (Wildman–Crippen LogP) is 5.26. The molecular weight excluding hydrogens is 454 g/mol. The van der Waals surface area contributed by atoms with Crippen LogP contribution in [-0.4, -0.2) is 42.5 Å². The lowest BCUT2D eigenvalue weighted by molar-refractivity contribution is -0.140. The SMILES string of the molecule is Cc1ccc(C(C)C)cc1-c1nn(-c2ccccc2)cc1C=C1SC(=S)N(CC(=O)O)C1=O. The maximum atomic E-state index is 12.8. The smallest absolute Gasteiger partial charge is 0.323 e. The highest BCUT2D eigenvalue weighted by atomic mass is 32.2. The van der Waals surface area contributed by atoms with E-state index in [2.05, 4.69) is 32.0 Å². The van der Waals surface area contributed by atoms with Crippen LogP contribution in [0.25, 0.3) is 23.0 Å². The minimum Gasteiger partial charge on any atom is -0.480 e. The molecule has 2 aromatic carbocycles. The van der Waals surface area contributed by atoms with E-state index in [4.69, 9.17) is 22.4 Å². The summed E-state index contributed by atoms with van der Waals surface area (Å²) in [5.41, 5.74) is 5.67. The zero-order valence-electron chi connectivity index (χ0n) is 18.5. The molecule has 1 aromatic heterocycles. The fraction of sp³-hybridized carbons (Fsp3) is 0.200. The quantitative estimate of drug-likeness (QED) is 0.386. The number of carboxylic acids is 1. The van der Waals surface area contributed by atoms with Crippen molar-refractivity contribution in [2.45, 2.75) is 26.7 Å². The number of carbonyl (C=O) groups excluding carboxylic acids is 1. The minimum atomic E-state index is -1.11. The number of benzene rings is 2. The molecule has 0 unspecified atom stereocenters. The first kappa shape index (κ1) is 22.9. The Morgan fingerprint density at radius 3 is 2.61 bits per heavy atom. The summed E-state index contributed by atoms with van der Waals surface area (Å²) in [5.74, 6) is -1.15. The number of hydrogen-bond acceptors (Lipinski definition) is 5. The summed E-state index contributed by atoms with van der Waals surface area (Å²) in [4.78, 5) is 25.5. The van der Waals surface area contributed by atoms with Crippen LogP contribution in [0.1, 0.15) is 36.5 Å². The molecule has 168 valence electrons. The van der Waals surface area contributed by atoms with Crippen molar-refractivity contribution < 1.29 is 14.7 Å². The van der Waals surface area contributed by atoms with Gasteiger partial charge in [0.2, 0.25) is 0 Å². The summed E-state index contributed by atoms with van der Waals surface area (Å²) >= 11 is 6.36. The molecule has 6 nitrogen and oxygen atoms in total. The molecule has 3 aromatic rings. The zero-order chi connectivity index (χ0) is 23.7. The van der Waals surface area contributed by atoms with Crippen molar-refractivity contribution in [2.75, 3.05) is 6.54 Å². The molecule has 8 heteroatoms. The number of carboxylic acid groups (broad SMARTS) is 1. The van der Waals surface area contributed by atoms with E-state index < -0.39 is 18.4 Å². The molecule has 0 spiro atoms. The zero-order valence-corrected chi connectivity index (χ0v) is 20.1. The third-order valence-electron chi connectivity index (χ3n) is 5.40. The van der Waals surface area contributed by atoms with Crippen LogP contribution in [0.3, 0.4) is 0 Å². The van der Waals surface area contributed by atoms with Crippen LogP contribution in [0.15, 0.2) is 59.6 Å². The van der Waals surface area contributed by atoms with Gasteiger partial charge in [-0.1, -0.05) is 68.2 Å². The Hall–Kier alpha value is -3.23. The summed E-state index contributed by atoms with van der Waals surface area (Å²) in [5, 5.41) is 14.0. The average molecular weight is 478 g/mol. The minimum absolute atomic E-state index is 0.239. The summed E-state index contributed by atoms with van der Waals surface area (Å²) in [6, 6.07) is 16.1. The van der Waals surface area contributed by atoms with Crippen molar-refractivity contribution in [3.05, 3.63) is 76.3 Å². The second-order valence-electron chi connectivity index (χ2n) is 8.10. The normalized spacial score (nSPS) is 15.2. The lowest BCUT2D eigenvalue weighted by atomic mass is 9.95. The van der Waals surface area contributed by atoms with Crippen LogP contribution < -0.4 is 0 Å². The van der Waals surface area contributed by atoms with E-state index in [9.17, 15) is 9.59 Å². The van der Waals surface area contributed by atoms with E-state index in [0.717, 1.165) is 44.7 Å². The van der Waals surface area contributed by atoms with Crippen molar-refractivity contribution in [1.29, 1.82) is 0 Å². The van der Waals surface area contributed by atoms with Gasteiger partial charge in [-0.15, -0.1) is 0 Å². The lowest BCUT2D eigenvalue weighted by Gasteiger charge is -2.11. The number of nitrogens with zero attached hydrogens (tertiary/aromatic N) is 3. The number of thioether (sulfide) groups is 1. The topological polar surface area (TPSA) is 75.4 Å². The first-order valence-electron chi connectivity index (χ1n) is 10.5. The number of amides is 1. The van der Waals surface area contributed by atoms with Crippen LogP contribution >= 0.6 is 24.0 Å². The van der Waals surface area contributed by atoms with Crippen molar-refractivity contribution in [3.63, 3.8) is 0 Å².